The number of benzene rings is 1. The van der Waals surface area contributed by atoms with Crippen molar-refractivity contribution in [1.82, 2.24) is 9.80 Å². The Morgan fingerprint density at radius 2 is 2.05 bits per heavy atom. The first kappa shape index (κ1) is 15.1. The summed E-state index contributed by atoms with van der Waals surface area (Å²) in [5.74, 6) is 3.04. The average Bonchev–Trinajstić information content (AvgIpc) is 2.70. The Kier molecular flexibility index (Phi) is 4.61. The fourth-order valence-corrected chi connectivity index (χ4v) is 2.34. The van der Waals surface area contributed by atoms with Crippen molar-refractivity contribution in [2.75, 3.05) is 20.2 Å². The molecule has 0 spiro atoms. The molecule has 1 fully saturated rings. The molecule has 1 aromatic carbocycles. The molecule has 1 heterocycles. The van der Waals surface area contributed by atoms with Gasteiger partial charge in [0.1, 0.15) is 18.1 Å². The van der Waals surface area contributed by atoms with Crippen LogP contribution in [0.4, 0.5) is 0 Å². The van der Waals surface area contributed by atoms with Gasteiger partial charge in [0.2, 0.25) is 0 Å². The SMILES string of the molecule is C#CCOc1ccc(C=C2C(=O)N(CC)C(=S)N2C)cc1. The molecule has 108 valence electrons. The van der Waals surface area contributed by atoms with Crippen LogP contribution in [0.15, 0.2) is 30.0 Å². The minimum atomic E-state index is -0.0716. The molecule has 4 nitrogen and oxygen atoms in total. The Hall–Kier alpha value is -2.32. The van der Waals surface area contributed by atoms with Crippen molar-refractivity contribution in [3.05, 3.63) is 35.5 Å². The summed E-state index contributed by atoms with van der Waals surface area (Å²) in [6.07, 6.45) is 6.96. The number of hydrogen-bond donors (Lipinski definition) is 0. The van der Waals surface area contributed by atoms with Crippen LogP contribution in [0.3, 0.4) is 0 Å². The van der Waals surface area contributed by atoms with Crippen molar-refractivity contribution in [1.29, 1.82) is 0 Å². The Morgan fingerprint density at radius 3 is 2.57 bits per heavy atom. The highest BCUT2D eigenvalue weighted by Gasteiger charge is 2.34. The van der Waals surface area contributed by atoms with Crippen molar-refractivity contribution in [2.24, 2.45) is 0 Å². The second kappa shape index (κ2) is 6.42. The normalized spacial score (nSPS) is 16.5. The third-order valence-electron chi connectivity index (χ3n) is 3.17. The van der Waals surface area contributed by atoms with Gasteiger partial charge in [0.15, 0.2) is 5.11 Å². The molecule has 21 heavy (non-hydrogen) atoms. The zero-order valence-corrected chi connectivity index (χ0v) is 12.8. The van der Waals surface area contributed by atoms with E-state index in [0.717, 1.165) is 5.56 Å². The smallest absolute Gasteiger partial charge is 0.276 e. The molecule has 5 heteroatoms. The van der Waals surface area contributed by atoms with Gasteiger partial charge in [-0.15, -0.1) is 6.42 Å². The van der Waals surface area contributed by atoms with E-state index in [2.05, 4.69) is 5.92 Å². The number of nitrogens with zero attached hydrogens (tertiary/aromatic N) is 2. The number of rotatable bonds is 4. The molecule has 0 N–H and O–H groups in total. The lowest BCUT2D eigenvalue weighted by Gasteiger charge is -2.13. The first-order valence-corrected chi connectivity index (χ1v) is 6.97. The largest absolute Gasteiger partial charge is 0.481 e. The van der Waals surface area contributed by atoms with Crippen LogP contribution in [-0.2, 0) is 4.79 Å². The van der Waals surface area contributed by atoms with Crippen molar-refractivity contribution in [2.45, 2.75) is 6.92 Å². The summed E-state index contributed by atoms with van der Waals surface area (Å²) in [4.78, 5) is 15.6. The van der Waals surface area contributed by atoms with Gasteiger partial charge in [-0.2, -0.15) is 0 Å². The summed E-state index contributed by atoms with van der Waals surface area (Å²) < 4.78 is 5.31. The van der Waals surface area contributed by atoms with Crippen LogP contribution >= 0.6 is 12.2 Å². The summed E-state index contributed by atoms with van der Waals surface area (Å²) in [6.45, 7) is 2.71. The molecule has 0 unspecified atom stereocenters. The minimum Gasteiger partial charge on any atom is -0.481 e. The molecule has 0 bridgehead atoms. The average molecular weight is 300 g/mol. The van der Waals surface area contributed by atoms with Crippen LogP contribution in [0, 0.1) is 12.3 Å². The summed E-state index contributed by atoms with van der Waals surface area (Å²) >= 11 is 5.25. The highest BCUT2D eigenvalue weighted by Crippen LogP contribution is 2.22. The Bertz CT molecular complexity index is 629. The van der Waals surface area contributed by atoms with Gasteiger partial charge in [0.25, 0.3) is 5.91 Å². The molecule has 0 aliphatic carbocycles. The highest BCUT2D eigenvalue weighted by molar-refractivity contribution is 7.80. The van der Waals surface area contributed by atoms with Crippen LogP contribution in [-0.4, -0.2) is 41.0 Å². The maximum absolute atomic E-state index is 12.3. The van der Waals surface area contributed by atoms with Gasteiger partial charge in [-0.05, 0) is 42.9 Å². The molecule has 1 aromatic rings. The lowest BCUT2D eigenvalue weighted by molar-refractivity contribution is -0.122. The molecule has 0 radical (unpaired) electrons. The molecular formula is C16H16N2O2S. The van der Waals surface area contributed by atoms with E-state index in [1.165, 1.54) is 0 Å². The topological polar surface area (TPSA) is 32.8 Å². The number of likely N-dealkylation sites (N-methyl/N-ethyl adjacent to an activating group) is 2. The molecule has 0 saturated carbocycles. The predicted octanol–water partition coefficient (Wildman–Crippen LogP) is 2.12. The maximum Gasteiger partial charge on any atom is 0.276 e. The quantitative estimate of drug-likeness (QED) is 0.484. The van der Waals surface area contributed by atoms with Gasteiger partial charge in [0.05, 0.1) is 0 Å². The summed E-state index contributed by atoms with van der Waals surface area (Å²) in [6, 6.07) is 7.38. The van der Waals surface area contributed by atoms with E-state index in [0.29, 0.717) is 23.1 Å². The molecule has 0 aromatic heterocycles. The van der Waals surface area contributed by atoms with Crippen LogP contribution < -0.4 is 4.74 Å². The zero-order chi connectivity index (χ0) is 15.4. The number of ether oxygens (including phenoxy) is 1. The number of amides is 1. The first-order chi connectivity index (χ1) is 10.1. The molecule has 1 aliphatic heterocycles. The fourth-order valence-electron chi connectivity index (χ4n) is 2.03. The monoisotopic (exact) mass is 300 g/mol. The Labute approximate surface area is 130 Å². The Morgan fingerprint density at radius 1 is 1.38 bits per heavy atom. The third-order valence-corrected chi connectivity index (χ3v) is 3.66. The molecular weight excluding hydrogens is 284 g/mol. The number of carbonyl (C=O) groups is 1. The fraction of sp³-hybridized carbons (Fsp3) is 0.250. The van der Waals surface area contributed by atoms with E-state index in [1.807, 2.05) is 37.3 Å². The molecule has 0 atom stereocenters. The van der Waals surface area contributed by atoms with E-state index >= 15 is 0 Å². The van der Waals surface area contributed by atoms with E-state index in [-0.39, 0.29) is 12.5 Å². The van der Waals surface area contributed by atoms with Crippen molar-refractivity contribution >= 4 is 29.3 Å². The van der Waals surface area contributed by atoms with Gasteiger partial charge in [0, 0.05) is 13.6 Å². The highest BCUT2D eigenvalue weighted by atomic mass is 32.1. The van der Waals surface area contributed by atoms with Gasteiger partial charge in [-0.1, -0.05) is 18.1 Å². The molecule has 1 amide bonds. The molecule has 1 aliphatic rings. The second-order valence-electron chi connectivity index (χ2n) is 4.48. The van der Waals surface area contributed by atoms with Gasteiger partial charge in [-0.25, -0.2) is 0 Å². The first-order valence-electron chi connectivity index (χ1n) is 6.56. The molecule has 1 saturated heterocycles. The van der Waals surface area contributed by atoms with E-state index < -0.39 is 0 Å². The Balaban J connectivity index is 2.21. The number of thiocarbonyl (C=S) groups is 1. The zero-order valence-electron chi connectivity index (χ0n) is 12.0. The van der Waals surface area contributed by atoms with Crippen LogP contribution in [0.5, 0.6) is 5.75 Å². The van der Waals surface area contributed by atoms with E-state index in [9.17, 15) is 4.79 Å². The number of carbonyl (C=O) groups excluding carboxylic acids is 1. The predicted molar refractivity (Wildman–Crippen MR) is 86.5 cm³/mol. The standard InChI is InChI=1S/C16H16N2O2S/c1-4-10-20-13-8-6-12(7-9-13)11-14-15(19)18(5-2)16(21)17(14)3/h1,6-9,11H,5,10H2,2-3H3. The lowest BCUT2D eigenvalue weighted by atomic mass is 10.2. The third kappa shape index (κ3) is 3.06. The van der Waals surface area contributed by atoms with Crippen LogP contribution in [0.1, 0.15) is 12.5 Å². The van der Waals surface area contributed by atoms with E-state index in [4.69, 9.17) is 23.4 Å². The van der Waals surface area contributed by atoms with Crippen molar-refractivity contribution < 1.29 is 9.53 Å². The summed E-state index contributed by atoms with van der Waals surface area (Å²) in [5.41, 5.74) is 1.47. The minimum absolute atomic E-state index is 0.0716. The number of hydrogen-bond acceptors (Lipinski definition) is 3. The van der Waals surface area contributed by atoms with Crippen molar-refractivity contribution in [3.8, 4) is 18.1 Å². The number of terminal acetylenes is 1. The molecule has 2 rings (SSSR count). The summed E-state index contributed by atoms with van der Waals surface area (Å²) in [7, 11) is 1.80. The van der Waals surface area contributed by atoms with E-state index in [1.54, 1.807) is 16.8 Å². The lowest BCUT2D eigenvalue weighted by Crippen LogP contribution is -2.30. The summed E-state index contributed by atoms with van der Waals surface area (Å²) in [5, 5.41) is 0.530. The van der Waals surface area contributed by atoms with Gasteiger partial charge in [-0.3, -0.25) is 9.69 Å². The maximum atomic E-state index is 12.3. The van der Waals surface area contributed by atoms with Gasteiger partial charge < -0.3 is 9.64 Å². The van der Waals surface area contributed by atoms with Gasteiger partial charge >= 0.3 is 0 Å². The second-order valence-corrected chi connectivity index (χ2v) is 4.85. The van der Waals surface area contributed by atoms with Crippen LogP contribution in [0.2, 0.25) is 0 Å². The van der Waals surface area contributed by atoms with Crippen LogP contribution in [0.25, 0.3) is 6.08 Å². The van der Waals surface area contributed by atoms with Crippen molar-refractivity contribution in [3.63, 3.8) is 0 Å².